The van der Waals surface area contributed by atoms with E-state index in [0.29, 0.717) is 23.6 Å². The van der Waals surface area contributed by atoms with Crippen LogP contribution in [0.5, 0.6) is 0 Å². The number of rotatable bonds is 3. The van der Waals surface area contributed by atoms with Crippen molar-refractivity contribution in [2.45, 2.75) is 37.7 Å². The smallest absolute Gasteiger partial charge is 0.248 e. The Morgan fingerprint density at radius 2 is 2.35 bits per heavy atom. The number of aliphatic hydroxyl groups is 1. The van der Waals surface area contributed by atoms with E-state index in [0.717, 1.165) is 0 Å². The van der Waals surface area contributed by atoms with Crippen LogP contribution in [-0.2, 0) is 0 Å². The Bertz CT molecular complexity index is 400. The van der Waals surface area contributed by atoms with Crippen molar-refractivity contribution in [3.63, 3.8) is 0 Å². The average Bonchev–Trinajstić information content (AvgIpc) is 2.58. The van der Waals surface area contributed by atoms with Gasteiger partial charge in [-0.1, -0.05) is 11.6 Å². The maximum atomic E-state index is 13.0. The van der Waals surface area contributed by atoms with E-state index in [1.807, 2.05) is 0 Å². The maximum absolute atomic E-state index is 13.0. The fourth-order valence-electron chi connectivity index (χ4n) is 2.31. The zero-order valence-corrected chi connectivity index (χ0v) is 10.00. The standard InChI is InChI=1S/C12H14ClF2NO/c13-9-2-1-5-16-11(9)10(17)6-8-3-4-12(14,15)7-8/h1-2,5,8,10,17H,3-4,6-7H2. The van der Waals surface area contributed by atoms with Crippen LogP contribution in [0.25, 0.3) is 0 Å². The van der Waals surface area contributed by atoms with Crippen molar-refractivity contribution in [1.29, 1.82) is 0 Å². The van der Waals surface area contributed by atoms with E-state index in [9.17, 15) is 13.9 Å². The molecule has 17 heavy (non-hydrogen) atoms. The molecule has 2 atom stereocenters. The minimum absolute atomic E-state index is 0.0830. The molecular formula is C12H14ClF2NO. The Morgan fingerprint density at radius 1 is 1.59 bits per heavy atom. The Morgan fingerprint density at radius 3 is 2.94 bits per heavy atom. The van der Waals surface area contributed by atoms with Crippen LogP contribution in [0.3, 0.4) is 0 Å². The molecule has 0 saturated heterocycles. The first-order chi connectivity index (χ1) is 7.98. The summed E-state index contributed by atoms with van der Waals surface area (Å²) < 4.78 is 26.0. The number of aliphatic hydroxyl groups excluding tert-OH is 1. The summed E-state index contributed by atoms with van der Waals surface area (Å²) in [6.07, 6.45) is 1.20. The molecule has 2 nitrogen and oxygen atoms in total. The SMILES string of the molecule is OC(CC1CCC(F)(F)C1)c1ncccc1Cl. The van der Waals surface area contributed by atoms with E-state index in [2.05, 4.69) is 4.98 Å². The molecule has 1 aromatic rings. The maximum Gasteiger partial charge on any atom is 0.248 e. The number of hydrogen-bond acceptors (Lipinski definition) is 2. The summed E-state index contributed by atoms with van der Waals surface area (Å²) in [7, 11) is 0. The zero-order chi connectivity index (χ0) is 12.5. The van der Waals surface area contributed by atoms with Gasteiger partial charge in [0.15, 0.2) is 0 Å². The number of aromatic nitrogens is 1. The molecule has 0 bridgehead atoms. The predicted octanol–water partition coefficient (Wildman–Crippen LogP) is 3.59. The van der Waals surface area contributed by atoms with Crippen molar-refractivity contribution >= 4 is 11.6 Å². The normalized spacial score (nSPS) is 24.8. The molecule has 94 valence electrons. The van der Waals surface area contributed by atoms with E-state index in [4.69, 9.17) is 11.6 Å². The molecule has 2 unspecified atom stereocenters. The molecule has 1 aliphatic carbocycles. The Hall–Kier alpha value is -0.740. The summed E-state index contributed by atoms with van der Waals surface area (Å²) in [6, 6.07) is 3.30. The monoisotopic (exact) mass is 261 g/mol. The highest BCUT2D eigenvalue weighted by molar-refractivity contribution is 6.31. The number of alkyl halides is 2. The Kier molecular flexibility index (Phi) is 3.64. The van der Waals surface area contributed by atoms with Gasteiger partial charge in [0.25, 0.3) is 0 Å². The van der Waals surface area contributed by atoms with Gasteiger partial charge < -0.3 is 5.11 Å². The van der Waals surface area contributed by atoms with E-state index in [1.165, 1.54) is 6.20 Å². The predicted molar refractivity (Wildman–Crippen MR) is 61.1 cm³/mol. The molecule has 1 saturated carbocycles. The zero-order valence-electron chi connectivity index (χ0n) is 9.24. The molecule has 0 spiro atoms. The lowest BCUT2D eigenvalue weighted by molar-refractivity contribution is 0.00246. The quantitative estimate of drug-likeness (QED) is 0.902. The van der Waals surface area contributed by atoms with E-state index in [-0.39, 0.29) is 18.8 Å². The van der Waals surface area contributed by atoms with Gasteiger partial charge in [-0.15, -0.1) is 0 Å². The summed E-state index contributed by atoms with van der Waals surface area (Å²) in [5.74, 6) is -2.73. The highest BCUT2D eigenvalue weighted by Crippen LogP contribution is 2.42. The van der Waals surface area contributed by atoms with E-state index in [1.54, 1.807) is 12.1 Å². The van der Waals surface area contributed by atoms with Crippen LogP contribution in [0.4, 0.5) is 8.78 Å². The highest BCUT2D eigenvalue weighted by atomic mass is 35.5. The molecule has 1 fully saturated rings. The van der Waals surface area contributed by atoms with Gasteiger partial charge in [0.05, 0.1) is 16.8 Å². The van der Waals surface area contributed by atoms with Gasteiger partial charge >= 0.3 is 0 Å². The molecule has 1 aromatic heterocycles. The molecule has 1 aliphatic rings. The van der Waals surface area contributed by atoms with Gasteiger partial charge in [-0.05, 0) is 30.9 Å². The summed E-state index contributed by atoms with van der Waals surface area (Å²) in [6.45, 7) is 0. The third-order valence-electron chi connectivity index (χ3n) is 3.16. The second-order valence-corrected chi connectivity index (χ2v) is 4.99. The van der Waals surface area contributed by atoms with Gasteiger partial charge in [-0.3, -0.25) is 4.98 Å². The van der Waals surface area contributed by atoms with Crippen LogP contribution < -0.4 is 0 Å². The van der Waals surface area contributed by atoms with Crippen LogP contribution >= 0.6 is 11.6 Å². The van der Waals surface area contributed by atoms with E-state index < -0.39 is 12.0 Å². The highest BCUT2D eigenvalue weighted by Gasteiger charge is 2.40. The van der Waals surface area contributed by atoms with Crippen LogP contribution in [0, 0.1) is 5.92 Å². The third kappa shape index (κ3) is 3.13. The van der Waals surface area contributed by atoms with Gasteiger partial charge in [-0.2, -0.15) is 0 Å². The van der Waals surface area contributed by atoms with Gasteiger partial charge in [0, 0.05) is 19.0 Å². The molecule has 0 aliphatic heterocycles. The third-order valence-corrected chi connectivity index (χ3v) is 3.48. The van der Waals surface area contributed by atoms with Crippen molar-refractivity contribution in [3.05, 3.63) is 29.0 Å². The minimum Gasteiger partial charge on any atom is -0.387 e. The topological polar surface area (TPSA) is 33.1 Å². The molecule has 2 rings (SSSR count). The number of hydrogen-bond donors (Lipinski definition) is 1. The lowest BCUT2D eigenvalue weighted by Gasteiger charge is -2.16. The summed E-state index contributed by atoms with van der Waals surface area (Å²) >= 11 is 5.89. The molecule has 0 amide bonds. The fourth-order valence-corrected chi connectivity index (χ4v) is 2.56. The number of nitrogens with zero attached hydrogens (tertiary/aromatic N) is 1. The lowest BCUT2D eigenvalue weighted by atomic mass is 9.98. The number of pyridine rings is 1. The average molecular weight is 262 g/mol. The summed E-state index contributed by atoms with van der Waals surface area (Å²) in [5, 5.41) is 10.3. The van der Waals surface area contributed by atoms with Crippen molar-refractivity contribution in [2.75, 3.05) is 0 Å². The fraction of sp³-hybridized carbons (Fsp3) is 0.583. The van der Waals surface area contributed by atoms with Gasteiger partial charge in [-0.25, -0.2) is 8.78 Å². The molecule has 5 heteroatoms. The minimum atomic E-state index is -2.57. The first-order valence-electron chi connectivity index (χ1n) is 5.64. The van der Waals surface area contributed by atoms with Crippen LogP contribution in [-0.4, -0.2) is 16.0 Å². The van der Waals surface area contributed by atoms with Crippen molar-refractivity contribution in [2.24, 2.45) is 5.92 Å². The van der Waals surface area contributed by atoms with Crippen LogP contribution in [0.1, 0.15) is 37.5 Å². The summed E-state index contributed by atoms with van der Waals surface area (Å²) in [4.78, 5) is 3.99. The van der Waals surface area contributed by atoms with Crippen molar-refractivity contribution < 1.29 is 13.9 Å². The second-order valence-electron chi connectivity index (χ2n) is 4.59. The molecule has 1 heterocycles. The van der Waals surface area contributed by atoms with Crippen molar-refractivity contribution in [3.8, 4) is 0 Å². The Labute approximate surface area is 104 Å². The summed E-state index contributed by atoms with van der Waals surface area (Å²) in [5.41, 5.74) is 0.379. The molecule has 0 aromatic carbocycles. The van der Waals surface area contributed by atoms with Gasteiger partial charge in [0.1, 0.15) is 0 Å². The number of halogens is 3. The molecule has 1 N–H and O–H groups in total. The van der Waals surface area contributed by atoms with Crippen LogP contribution in [0.2, 0.25) is 5.02 Å². The Balaban J connectivity index is 1.99. The molecular weight excluding hydrogens is 248 g/mol. The lowest BCUT2D eigenvalue weighted by Crippen LogP contribution is -2.12. The van der Waals surface area contributed by atoms with E-state index >= 15 is 0 Å². The molecule has 0 radical (unpaired) electrons. The van der Waals surface area contributed by atoms with Crippen LogP contribution in [0.15, 0.2) is 18.3 Å². The van der Waals surface area contributed by atoms with Crippen molar-refractivity contribution in [1.82, 2.24) is 4.98 Å². The first kappa shape index (κ1) is 12.7. The van der Waals surface area contributed by atoms with Gasteiger partial charge in [0.2, 0.25) is 5.92 Å². The largest absolute Gasteiger partial charge is 0.387 e. The first-order valence-corrected chi connectivity index (χ1v) is 6.02. The second kappa shape index (κ2) is 4.86.